The van der Waals surface area contributed by atoms with E-state index in [4.69, 9.17) is 0 Å². The van der Waals surface area contributed by atoms with Crippen LogP contribution in [-0.4, -0.2) is 28.3 Å². The average molecular weight is 181 g/mol. The van der Waals surface area contributed by atoms with E-state index in [1.807, 2.05) is 11.7 Å². The Morgan fingerprint density at radius 2 is 2.23 bits per heavy atom. The van der Waals surface area contributed by atoms with Crippen LogP contribution < -0.4 is 0 Å². The Bertz CT molecular complexity index is 278. The number of aryl methyl sites for hydroxylation is 2. The van der Waals surface area contributed by atoms with Gasteiger partial charge in [0.2, 0.25) is 0 Å². The Kier molecular flexibility index (Phi) is 3.09. The maximum Gasteiger partial charge on any atom is 0.0641 e. The zero-order valence-corrected chi connectivity index (χ0v) is 9.20. The predicted octanol–water partition coefficient (Wildman–Crippen LogP) is 1.74. The van der Waals surface area contributed by atoms with E-state index in [-0.39, 0.29) is 0 Å². The second-order valence-corrected chi connectivity index (χ2v) is 3.59. The third-order valence-corrected chi connectivity index (χ3v) is 2.66. The van der Waals surface area contributed by atoms with Gasteiger partial charge >= 0.3 is 0 Å². The Morgan fingerprint density at radius 1 is 1.62 bits per heavy atom. The summed E-state index contributed by atoms with van der Waals surface area (Å²) in [5.74, 6) is 0. The highest BCUT2D eigenvalue weighted by Gasteiger charge is 2.14. The van der Waals surface area contributed by atoms with Gasteiger partial charge in [0.25, 0.3) is 0 Å². The molecule has 0 spiro atoms. The van der Waals surface area contributed by atoms with Gasteiger partial charge in [-0.1, -0.05) is 6.92 Å². The van der Waals surface area contributed by atoms with E-state index in [9.17, 15) is 0 Å². The van der Waals surface area contributed by atoms with E-state index in [0.717, 1.165) is 12.2 Å². The van der Waals surface area contributed by atoms with E-state index >= 15 is 0 Å². The summed E-state index contributed by atoms with van der Waals surface area (Å²) in [6, 6.07) is 0.457. The lowest BCUT2D eigenvalue weighted by molar-refractivity contribution is 0.275. The molecule has 1 heterocycles. The second-order valence-electron chi connectivity index (χ2n) is 3.59. The molecule has 0 aliphatic heterocycles. The normalized spacial score (nSPS) is 13.7. The molecule has 13 heavy (non-hydrogen) atoms. The quantitative estimate of drug-likeness (QED) is 0.708. The fourth-order valence-corrected chi connectivity index (χ4v) is 1.54. The topological polar surface area (TPSA) is 21.1 Å². The number of rotatable bonds is 3. The van der Waals surface area contributed by atoms with Gasteiger partial charge in [-0.15, -0.1) is 0 Å². The summed E-state index contributed by atoms with van der Waals surface area (Å²) in [6.07, 6.45) is 2.10. The van der Waals surface area contributed by atoms with Gasteiger partial charge in [-0.3, -0.25) is 9.58 Å². The van der Waals surface area contributed by atoms with Crippen molar-refractivity contribution in [1.82, 2.24) is 14.7 Å². The first kappa shape index (κ1) is 10.3. The molecule has 1 rings (SSSR count). The number of hydrogen-bond acceptors (Lipinski definition) is 2. The minimum absolute atomic E-state index is 0.457. The van der Waals surface area contributed by atoms with Crippen LogP contribution in [0.5, 0.6) is 0 Å². The molecule has 0 fully saturated rings. The van der Waals surface area contributed by atoms with Crippen molar-refractivity contribution in [3.63, 3.8) is 0 Å². The van der Waals surface area contributed by atoms with Gasteiger partial charge in [0.15, 0.2) is 0 Å². The predicted molar refractivity (Wildman–Crippen MR) is 54.7 cm³/mol. The van der Waals surface area contributed by atoms with Gasteiger partial charge in [-0.25, -0.2) is 0 Å². The fourth-order valence-electron chi connectivity index (χ4n) is 1.54. The maximum atomic E-state index is 4.34. The zero-order valence-electron chi connectivity index (χ0n) is 9.20. The zero-order chi connectivity index (χ0) is 10.0. The molecule has 0 aliphatic rings. The van der Waals surface area contributed by atoms with Crippen molar-refractivity contribution in [3.8, 4) is 0 Å². The lowest BCUT2D eigenvalue weighted by atomic mass is 10.1. The van der Waals surface area contributed by atoms with Crippen molar-refractivity contribution in [2.75, 3.05) is 13.6 Å². The van der Waals surface area contributed by atoms with Gasteiger partial charge < -0.3 is 0 Å². The summed E-state index contributed by atoms with van der Waals surface area (Å²) in [5.41, 5.74) is 2.46. The van der Waals surface area contributed by atoms with Gasteiger partial charge in [-0.2, -0.15) is 5.10 Å². The second kappa shape index (κ2) is 3.92. The Morgan fingerprint density at radius 3 is 2.62 bits per heavy atom. The number of hydrogen-bond donors (Lipinski definition) is 0. The minimum Gasteiger partial charge on any atom is -0.300 e. The molecular weight excluding hydrogens is 162 g/mol. The van der Waals surface area contributed by atoms with Gasteiger partial charge in [0, 0.05) is 24.8 Å². The maximum absolute atomic E-state index is 4.34. The van der Waals surface area contributed by atoms with Crippen LogP contribution in [0.3, 0.4) is 0 Å². The third-order valence-electron chi connectivity index (χ3n) is 2.66. The largest absolute Gasteiger partial charge is 0.300 e. The highest BCUT2D eigenvalue weighted by molar-refractivity contribution is 5.19. The van der Waals surface area contributed by atoms with E-state index in [1.165, 1.54) is 5.56 Å². The van der Waals surface area contributed by atoms with Gasteiger partial charge in [-0.05, 0) is 27.4 Å². The van der Waals surface area contributed by atoms with Crippen molar-refractivity contribution in [1.29, 1.82) is 0 Å². The van der Waals surface area contributed by atoms with Crippen molar-refractivity contribution in [2.24, 2.45) is 7.05 Å². The molecule has 3 nitrogen and oxygen atoms in total. The first-order valence-electron chi connectivity index (χ1n) is 4.76. The molecule has 0 saturated carbocycles. The van der Waals surface area contributed by atoms with Crippen LogP contribution in [0.25, 0.3) is 0 Å². The highest BCUT2D eigenvalue weighted by atomic mass is 15.3. The van der Waals surface area contributed by atoms with Crippen LogP contribution in [0.2, 0.25) is 0 Å². The molecule has 74 valence electrons. The smallest absolute Gasteiger partial charge is 0.0641 e. The molecule has 1 aromatic rings. The van der Waals surface area contributed by atoms with E-state index in [0.29, 0.717) is 6.04 Å². The van der Waals surface area contributed by atoms with Crippen LogP contribution in [0.4, 0.5) is 0 Å². The minimum atomic E-state index is 0.457. The number of nitrogens with zero attached hydrogens (tertiary/aromatic N) is 3. The van der Waals surface area contributed by atoms with E-state index < -0.39 is 0 Å². The Labute approximate surface area is 80.4 Å². The fraction of sp³-hybridized carbons (Fsp3) is 0.700. The summed E-state index contributed by atoms with van der Waals surface area (Å²) >= 11 is 0. The summed E-state index contributed by atoms with van der Waals surface area (Å²) in [6.45, 7) is 7.51. The van der Waals surface area contributed by atoms with Crippen molar-refractivity contribution in [3.05, 3.63) is 17.5 Å². The summed E-state index contributed by atoms with van der Waals surface area (Å²) < 4.78 is 1.88. The van der Waals surface area contributed by atoms with Crippen LogP contribution in [-0.2, 0) is 7.05 Å². The lowest BCUT2D eigenvalue weighted by Crippen LogP contribution is -2.21. The molecule has 1 atom stereocenters. The first-order chi connectivity index (χ1) is 6.06. The lowest BCUT2D eigenvalue weighted by Gasteiger charge is -2.22. The first-order valence-corrected chi connectivity index (χ1v) is 4.76. The van der Waals surface area contributed by atoms with Crippen LogP contribution >= 0.6 is 0 Å². The molecule has 1 aromatic heterocycles. The Balaban J connectivity index is 2.87. The molecule has 0 amide bonds. The SMILES string of the molecule is CCN(C)C(C)c1cn(C)nc1C. The van der Waals surface area contributed by atoms with Crippen LogP contribution in [0.1, 0.15) is 31.1 Å². The molecule has 0 radical (unpaired) electrons. The summed E-state index contributed by atoms with van der Waals surface area (Å²) in [7, 11) is 4.10. The molecule has 0 saturated heterocycles. The summed E-state index contributed by atoms with van der Waals surface area (Å²) in [4.78, 5) is 2.31. The molecule has 0 N–H and O–H groups in total. The average Bonchev–Trinajstić information content (AvgIpc) is 2.42. The van der Waals surface area contributed by atoms with Gasteiger partial charge in [0.1, 0.15) is 0 Å². The summed E-state index contributed by atoms with van der Waals surface area (Å²) in [5, 5.41) is 4.34. The standard InChI is InChI=1S/C10H19N3/c1-6-12(4)9(3)10-7-13(5)11-8(10)2/h7,9H,6H2,1-5H3. The molecule has 0 aliphatic carbocycles. The third kappa shape index (κ3) is 2.10. The highest BCUT2D eigenvalue weighted by Crippen LogP contribution is 2.20. The molecule has 3 heteroatoms. The van der Waals surface area contributed by atoms with E-state index in [2.05, 4.69) is 44.0 Å². The van der Waals surface area contributed by atoms with E-state index in [1.54, 1.807) is 0 Å². The molecule has 0 bridgehead atoms. The van der Waals surface area contributed by atoms with Crippen LogP contribution in [0, 0.1) is 6.92 Å². The van der Waals surface area contributed by atoms with Crippen molar-refractivity contribution < 1.29 is 0 Å². The molecule has 0 aromatic carbocycles. The molecule has 1 unspecified atom stereocenters. The van der Waals surface area contributed by atoms with Crippen LogP contribution in [0.15, 0.2) is 6.20 Å². The monoisotopic (exact) mass is 181 g/mol. The van der Waals surface area contributed by atoms with Crippen molar-refractivity contribution >= 4 is 0 Å². The molecular formula is C10H19N3. The van der Waals surface area contributed by atoms with Gasteiger partial charge in [0.05, 0.1) is 5.69 Å². The van der Waals surface area contributed by atoms with Crippen molar-refractivity contribution in [2.45, 2.75) is 26.8 Å². The number of aromatic nitrogens is 2. The Hall–Kier alpha value is -0.830.